The van der Waals surface area contributed by atoms with Gasteiger partial charge in [0.05, 0.1) is 10.7 Å². The molecular formula is C22H15ClFN3O3. The van der Waals surface area contributed by atoms with Gasteiger partial charge in [-0.15, -0.1) is 0 Å². The van der Waals surface area contributed by atoms with E-state index in [1.165, 1.54) is 40.9 Å². The van der Waals surface area contributed by atoms with E-state index in [1.807, 2.05) is 0 Å². The standard InChI is InChI=1S/C22H15ClFN3O3/c23-15-6-9-20-25-18(11-21(28)27(20)12-15)13-30-19-3-1-2-17(10-19)26-22(29)14-4-7-16(24)8-5-14/h1-12H,13H2,(H,26,29). The van der Waals surface area contributed by atoms with Gasteiger partial charge >= 0.3 is 0 Å². The highest BCUT2D eigenvalue weighted by Gasteiger charge is 2.08. The Morgan fingerprint density at radius 3 is 2.70 bits per heavy atom. The van der Waals surface area contributed by atoms with Crippen molar-refractivity contribution in [2.45, 2.75) is 6.61 Å². The average Bonchev–Trinajstić information content (AvgIpc) is 2.73. The number of halogens is 2. The van der Waals surface area contributed by atoms with Crippen LogP contribution in [-0.2, 0) is 6.61 Å². The number of hydrogen-bond acceptors (Lipinski definition) is 4. The number of fused-ring (bicyclic) bond motifs is 1. The number of nitrogens with one attached hydrogen (secondary N) is 1. The third-order valence-corrected chi connectivity index (χ3v) is 4.49. The summed E-state index contributed by atoms with van der Waals surface area (Å²) in [6, 6.07) is 16.7. The molecule has 8 heteroatoms. The number of hydrogen-bond donors (Lipinski definition) is 1. The molecule has 1 amide bonds. The lowest BCUT2D eigenvalue weighted by Gasteiger charge is -2.10. The Hall–Kier alpha value is -3.71. The van der Waals surface area contributed by atoms with Gasteiger partial charge in [-0.05, 0) is 48.5 Å². The van der Waals surface area contributed by atoms with Crippen molar-refractivity contribution in [2.75, 3.05) is 5.32 Å². The topological polar surface area (TPSA) is 72.7 Å². The average molecular weight is 424 g/mol. The van der Waals surface area contributed by atoms with Crippen molar-refractivity contribution >= 4 is 28.8 Å². The van der Waals surface area contributed by atoms with E-state index < -0.39 is 5.82 Å². The monoisotopic (exact) mass is 423 g/mol. The van der Waals surface area contributed by atoms with Crippen molar-refractivity contribution in [3.8, 4) is 5.75 Å². The minimum atomic E-state index is -0.410. The maximum atomic E-state index is 13.0. The van der Waals surface area contributed by atoms with E-state index in [0.29, 0.717) is 33.4 Å². The zero-order valence-electron chi connectivity index (χ0n) is 15.5. The van der Waals surface area contributed by atoms with Crippen molar-refractivity contribution < 1.29 is 13.9 Å². The third kappa shape index (κ3) is 4.47. The van der Waals surface area contributed by atoms with Crippen LogP contribution in [0, 0.1) is 5.82 Å². The zero-order valence-corrected chi connectivity index (χ0v) is 16.3. The van der Waals surface area contributed by atoms with Crippen molar-refractivity contribution in [3.63, 3.8) is 0 Å². The Morgan fingerprint density at radius 1 is 1.10 bits per heavy atom. The molecule has 2 aromatic carbocycles. The van der Waals surface area contributed by atoms with Gasteiger partial charge in [-0.3, -0.25) is 14.0 Å². The second-order valence-corrected chi connectivity index (χ2v) is 6.88. The van der Waals surface area contributed by atoms with Crippen LogP contribution in [0.4, 0.5) is 10.1 Å². The molecule has 6 nitrogen and oxygen atoms in total. The van der Waals surface area contributed by atoms with Gasteiger partial charge in [-0.1, -0.05) is 17.7 Å². The maximum absolute atomic E-state index is 13.0. The van der Waals surface area contributed by atoms with Crippen LogP contribution in [0.2, 0.25) is 5.02 Å². The molecule has 0 atom stereocenters. The van der Waals surface area contributed by atoms with E-state index in [1.54, 1.807) is 36.4 Å². The normalized spacial score (nSPS) is 10.7. The first-order valence-electron chi connectivity index (χ1n) is 8.95. The number of aromatic nitrogens is 2. The molecule has 0 unspecified atom stereocenters. The fourth-order valence-corrected chi connectivity index (χ4v) is 2.99. The number of benzene rings is 2. The maximum Gasteiger partial charge on any atom is 0.258 e. The van der Waals surface area contributed by atoms with Crippen molar-refractivity contribution in [1.29, 1.82) is 0 Å². The highest BCUT2D eigenvalue weighted by molar-refractivity contribution is 6.30. The smallest absolute Gasteiger partial charge is 0.258 e. The number of amides is 1. The van der Waals surface area contributed by atoms with Crippen LogP contribution < -0.4 is 15.6 Å². The van der Waals surface area contributed by atoms with Gasteiger partial charge in [0.15, 0.2) is 0 Å². The molecule has 0 aliphatic heterocycles. The number of nitrogens with zero attached hydrogens (tertiary/aromatic N) is 2. The first-order chi connectivity index (χ1) is 14.5. The van der Waals surface area contributed by atoms with Gasteiger partial charge < -0.3 is 10.1 Å². The summed E-state index contributed by atoms with van der Waals surface area (Å²) >= 11 is 5.91. The molecule has 0 bridgehead atoms. The summed E-state index contributed by atoms with van der Waals surface area (Å²) in [5, 5.41) is 3.17. The quantitative estimate of drug-likeness (QED) is 0.519. The van der Waals surface area contributed by atoms with Crippen LogP contribution in [0.5, 0.6) is 5.75 Å². The van der Waals surface area contributed by atoms with E-state index in [0.717, 1.165) is 0 Å². The van der Waals surface area contributed by atoms with Crippen LogP contribution in [0.15, 0.2) is 77.7 Å². The van der Waals surface area contributed by atoms with Gasteiger partial charge in [0.25, 0.3) is 11.5 Å². The van der Waals surface area contributed by atoms with E-state index in [4.69, 9.17) is 16.3 Å². The molecular weight excluding hydrogens is 409 g/mol. The molecule has 2 heterocycles. The van der Waals surface area contributed by atoms with Gasteiger partial charge in [0.2, 0.25) is 0 Å². The first-order valence-corrected chi connectivity index (χ1v) is 9.33. The van der Waals surface area contributed by atoms with Crippen LogP contribution >= 0.6 is 11.6 Å². The lowest BCUT2D eigenvalue weighted by Crippen LogP contribution is -2.16. The van der Waals surface area contributed by atoms with E-state index in [9.17, 15) is 14.0 Å². The van der Waals surface area contributed by atoms with Crippen molar-refractivity contribution in [3.05, 3.63) is 105 Å². The number of pyridine rings is 1. The molecule has 0 fully saturated rings. The predicted octanol–water partition coefficient (Wildman–Crippen LogP) is 4.32. The second-order valence-electron chi connectivity index (χ2n) is 6.44. The van der Waals surface area contributed by atoms with Crippen LogP contribution in [0.1, 0.15) is 16.1 Å². The Labute approximate surface area is 175 Å². The molecule has 0 saturated carbocycles. The van der Waals surface area contributed by atoms with Gasteiger partial charge in [-0.2, -0.15) is 0 Å². The molecule has 150 valence electrons. The fraction of sp³-hybridized carbons (Fsp3) is 0.0455. The first kappa shape index (κ1) is 19.6. The van der Waals surface area contributed by atoms with E-state index >= 15 is 0 Å². The largest absolute Gasteiger partial charge is 0.487 e. The molecule has 4 rings (SSSR count). The van der Waals surface area contributed by atoms with Gasteiger partial charge in [0.1, 0.15) is 23.8 Å². The van der Waals surface area contributed by atoms with Crippen LogP contribution in [-0.4, -0.2) is 15.3 Å². The third-order valence-electron chi connectivity index (χ3n) is 4.26. The Balaban J connectivity index is 1.46. The molecule has 0 saturated heterocycles. The zero-order chi connectivity index (χ0) is 21.1. The van der Waals surface area contributed by atoms with E-state index in [-0.39, 0.29) is 18.1 Å². The summed E-state index contributed by atoms with van der Waals surface area (Å²) in [7, 11) is 0. The van der Waals surface area contributed by atoms with Gasteiger partial charge in [-0.25, -0.2) is 9.37 Å². The minimum Gasteiger partial charge on any atom is -0.487 e. The second kappa shape index (κ2) is 8.34. The van der Waals surface area contributed by atoms with Gasteiger partial charge in [0, 0.05) is 29.6 Å². The highest BCUT2D eigenvalue weighted by atomic mass is 35.5. The summed E-state index contributed by atoms with van der Waals surface area (Å²) in [5.74, 6) is -0.285. The number of rotatable bonds is 5. The Kier molecular flexibility index (Phi) is 5.45. The van der Waals surface area contributed by atoms with E-state index in [2.05, 4.69) is 10.3 Å². The lowest BCUT2D eigenvalue weighted by atomic mass is 10.2. The number of carbonyl (C=O) groups is 1. The summed E-state index contributed by atoms with van der Waals surface area (Å²) in [5.41, 5.74) is 1.52. The number of ether oxygens (including phenoxy) is 1. The van der Waals surface area contributed by atoms with Crippen molar-refractivity contribution in [1.82, 2.24) is 9.38 Å². The predicted molar refractivity (Wildman–Crippen MR) is 112 cm³/mol. The summed E-state index contributed by atoms with van der Waals surface area (Å²) in [6.07, 6.45) is 1.50. The SMILES string of the molecule is O=C(Nc1cccc(OCc2cc(=O)n3cc(Cl)ccc3n2)c1)c1ccc(F)cc1. The summed E-state index contributed by atoms with van der Waals surface area (Å²) in [4.78, 5) is 28.9. The number of anilines is 1. The molecule has 4 aromatic rings. The molecule has 0 aliphatic rings. The van der Waals surface area contributed by atoms with Crippen LogP contribution in [0.25, 0.3) is 5.65 Å². The highest BCUT2D eigenvalue weighted by Crippen LogP contribution is 2.19. The molecule has 0 spiro atoms. The van der Waals surface area contributed by atoms with Crippen LogP contribution in [0.3, 0.4) is 0 Å². The molecule has 2 aromatic heterocycles. The summed E-state index contributed by atoms with van der Waals surface area (Å²) in [6.45, 7) is 0.0731. The number of carbonyl (C=O) groups excluding carboxylic acids is 1. The lowest BCUT2D eigenvalue weighted by molar-refractivity contribution is 0.102. The molecule has 1 N–H and O–H groups in total. The summed E-state index contributed by atoms with van der Waals surface area (Å²) < 4.78 is 20.1. The Morgan fingerprint density at radius 2 is 1.90 bits per heavy atom. The fourth-order valence-electron chi connectivity index (χ4n) is 2.83. The minimum absolute atomic E-state index is 0.0731. The Bertz CT molecular complexity index is 1290. The molecule has 0 aliphatic carbocycles. The molecule has 30 heavy (non-hydrogen) atoms. The molecule has 0 radical (unpaired) electrons. The van der Waals surface area contributed by atoms with Crippen molar-refractivity contribution in [2.24, 2.45) is 0 Å².